The van der Waals surface area contributed by atoms with Crippen LogP contribution in [0.25, 0.3) is 17.2 Å². The summed E-state index contributed by atoms with van der Waals surface area (Å²) in [6.07, 6.45) is 1.27. The second kappa shape index (κ2) is 10.6. The first-order valence-electron chi connectivity index (χ1n) is 12.9. The van der Waals surface area contributed by atoms with E-state index < -0.39 is 30.4 Å². The maximum absolute atomic E-state index is 12.9. The van der Waals surface area contributed by atoms with Gasteiger partial charge in [0, 0.05) is 12.5 Å². The summed E-state index contributed by atoms with van der Waals surface area (Å²) in [5.74, 6) is -0.455. The third-order valence-corrected chi connectivity index (χ3v) is 8.65. The standard InChI is InChI=1S/C30H32BNO6S/c1-29(2)30(3,4)38-31(37-29)20(16-19-14-15-39-26(19)27(33)35-5)17-32-28(34)36-18-25-23-12-8-6-10-21(23)22-11-7-9-13-24(22)25/h6-16,25H,17-18H2,1-5H3,(H,32,34). The van der Waals surface area contributed by atoms with Gasteiger partial charge in [-0.3, -0.25) is 0 Å². The van der Waals surface area contributed by atoms with Crippen molar-refractivity contribution in [2.24, 2.45) is 0 Å². The average molecular weight is 545 g/mol. The van der Waals surface area contributed by atoms with E-state index in [4.69, 9.17) is 18.8 Å². The SMILES string of the molecule is COC(=O)c1sccc1C=C(CNC(=O)OCC1c2ccccc2-c2ccccc21)B1OC(C)(C)C(C)(C)O1. The van der Waals surface area contributed by atoms with Crippen molar-refractivity contribution in [2.45, 2.75) is 44.8 Å². The molecule has 0 atom stereocenters. The van der Waals surface area contributed by atoms with Crippen molar-refractivity contribution in [1.29, 1.82) is 0 Å². The Morgan fingerprint density at radius 1 is 0.974 bits per heavy atom. The fourth-order valence-corrected chi connectivity index (χ4v) is 5.71. The van der Waals surface area contributed by atoms with Crippen LogP contribution in [-0.4, -0.2) is 50.6 Å². The van der Waals surface area contributed by atoms with Gasteiger partial charge in [-0.05, 0) is 72.4 Å². The molecule has 2 aromatic carbocycles. The predicted molar refractivity (Wildman–Crippen MR) is 153 cm³/mol. The molecule has 0 unspecified atom stereocenters. The molecule has 2 aliphatic rings. The van der Waals surface area contributed by atoms with Gasteiger partial charge in [0.15, 0.2) is 0 Å². The number of esters is 1. The third kappa shape index (κ3) is 5.26. The first-order valence-corrected chi connectivity index (χ1v) is 13.8. The second-order valence-corrected chi connectivity index (χ2v) is 11.6. The molecule has 1 amide bonds. The monoisotopic (exact) mass is 545 g/mol. The molecule has 39 heavy (non-hydrogen) atoms. The summed E-state index contributed by atoms with van der Waals surface area (Å²) in [5, 5.41) is 4.68. The lowest BCUT2D eigenvalue weighted by molar-refractivity contribution is 0.00578. The number of hydrogen-bond acceptors (Lipinski definition) is 7. The quantitative estimate of drug-likeness (QED) is 0.286. The zero-order valence-corrected chi connectivity index (χ0v) is 23.6. The molecule has 0 radical (unpaired) electrons. The minimum absolute atomic E-state index is 0.0327. The Morgan fingerprint density at radius 3 is 2.15 bits per heavy atom. The van der Waals surface area contributed by atoms with Crippen molar-refractivity contribution < 1.29 is 28.4 Å². The highest BCUT2D eigenvalue weighted by atomic mass is 32.1. The van der Waals surface area contributed by atoms with E-state index in [0.29, 0.717) is 15.9 Å². The zero-order chi connectivity index (χ0) is 27.8. The highest BCUT2D eigenvalue weighted by molar-refractivity contribution is 7.12. The first kappa shape index (κ1) is 27.2. The number of carbonyl (C=O) groups excluding carboxylic acids is 2. The van der Waals surface area contributed by atoms with Crippen LogP contribution < -0.4 is 5.32 Å². The molecule has 3 aromatic rings. The highest BCUT2D eigenvalue weighted by Crippen LogP contribution is 2.44. The van der Waals surface area contributed by atoms with E-state index in [1.165, 1.54) is 29.6 Å². The molecule has 9 heteroatoms. The Labute approximate surface area is 233 Å². The van der Waals surface area contributed by atoms with Crippen LogP contribution in [0, 0.1) is 0 Å². The molecule has 1 fully saturated rings. The second-order valence-electron chi connectivity index (χ2n) is 10.7. The van der Waals surface area contributed by atoms with Gasteiger partial charge in [0.25, 0.3) is 0 Å². The Morgan fingerprint density at radius 2 is 1.56 bits per heavy atom. The number of thiophene rings is 1. The van der Waals surface area contributed by atoms with Crippen molar-refractivity contribution in [3.63, 3.8) is 0 Å². The number of fused-ring (bicyclic) bond motifs is 3. The summed E-state index contributed by atoms with van der Waals surface area (Å²) in [6.45, 7) is 8.20. The van der Waals surface area contributed by atoms with Crippen molar-refractivity contribution in [2.75, 3.05) is 20.3 Å². The summed E-state index contributed by atoms with van der Waals surface area (Å²) in [4.78, 5) is 25.6. The fraction of sp³-hybridized carbons (Fsp3) is 0.333. The molecule has 1 saturated heterocycles. The van der Waals surface area contributed by atoms with E-state index in [-0.39, 0.29) is 19.1 Å². The van der Waals surface area contributed by atoms with Crippen LogP contribution in [0.2, 0.25) is 0 Å². The number of amides is 1. The van der Waals surface area contributed by atoms with Crippen LogP contribution in [0.4, 0.5) is 4.79 Å². The van der Waals surface area contributed by atoms with E-state index in [1.807, 2.05) is 69.5 Å². The minimum atomic E-state index is -0.714. The number of alkyl carbamates (subject to hydrolysis) is 1. The van der Waals surface area contributed by atoms with Gasteiger partial charge in [0.05, 0.1) is 18.3 Å². The maximum atomic E-state index is 12.9. The number of hydrogen-bond donors (Lipinski definition) is 1. The van der Waals surface area contributed by atoms with Gasteiger partial charge < -0.3 is 24.1 Å². The number of benzene rings is 2. The Balaban J connectivity index is 1.32. The van der Waals surface area contributed by atoms with Crippen LogP contribution in [0.1, 0.15) is 60.0 Å². The molecule has 2 heterocycles. The highest BCUT2D eigenvalue weighted by Gasteiger charge is 2.52. The molecule has 0 spiro atoms. The van der Waals surface area contributed by atoms with Gasteiger partial charge in [-0.15, -0.1) is 11.3 Å². The molecule has 7 nitrogen and oxygen atoms in total. The normalized spacial score (nSPS) is 17.5. The van der Waals surface area contributed by atoms with E-state index >= 15 is 0 Å². The number of methoxy groups -OCH3 is 1. The zero-order valence-electron chi connectivity index (χ0n) is 22.8. The Bertz CT molecular complexity index is 1370. The Hall–Kier alpha value is -3.40. The van der Waals surface area contributed by atoms with Crippen molar-refractivity contribution in [3.05, 3.63) is 87.0 Å². The van der Waals surface area contributed by atoms with Gasteiger partial charge in [-0.1, -0.05) is 54.6 Å². The number of rotatable bonds is 7. The van der Waals surface area contributed by atoms with Crippen LogP contribution in [0.3, 0.4) is 0 Å². The van der Waals surface area contributed by atoms with Crippen molar-refractivity contribution >= 4 is 36.6 Å². The topological polar surface area (TPSA) is 83.1 Å². The summed E-state index contributed by atoms with van der Waals surface area (Å²) in [7, 11) is 0.637. The van der Waals surface area contributed by atoms with E-state index in [9.17, 15) is 9.59 Å². The molecule has 0 bridgehead atoms. The molecule has 1 aliphatic carbocycles. The van der Waals surface area contributed by atoms with Gasteiger partial charge in [0.2, 0.25) is 0 Å². The number of ether oxygens (including phenoxy) is 2. The molecule has 202 valence electrons. The van der Waals surface area contributed by atoms with Crippen LogP contribution in [0.15, 0.2) is 65.4 Å². The molecule has 5 rings (SSSR count). The molecular weight excluding hydrogens is 513 g/mol. The lowest BCUT2D eigenvalue weighted by Crippen LogP contribution is -2.41. The molecule has 0 saturated carbocycles. The lowest BCUT2D eigenvalue weighted by Gasteiger charge is -2.32. The Kier molecular flexibility index (Phi) is 7.42. The van der Waals surface area contributed by atoms with Gasteiger partial charge in [-0.2, -0.15) is 0 Å². The van der Waals surface area contributed by atoms with Crippen molar-refractivity contribution in [1.82, 2.24) is 5.32 Å². The van der Waals surface area contributed by atoms with Crippen LogP contribution in [-0.2, 0) is 18.8 Å². The van der Waals surface area contributed by atoms with Gasteiger partial charge >= 0.3 is 19.2 Å². The fourth-order valence-electron chi connectivity index (χ4n) is 4.91. The molecular formula is C30H32BNO6S. The predicted octanol–water partition coefficient (Wildman–Crippen LogP) is 6.09. The number of carbonyl (C=O) groups is 2. The van der Waals surface area contributed by atoms with Gasteiger partial charge in [0.1, 0.15) is 11.5 Å². The summed E-state index contributed by atoms with van der Waals surface area (Å²) < 4.78 is 23.2. The summed E-state index contributed by atoms with van der Waals surface area (Å²) >= 11 is 1.29. The summed E-state index contributed by atoms with van der Waals surface area (Å²) in [5.41, 5.74) is 4.84. The maximum Gasteiger partial charge on any atom is 0.492 e. The van der Waals surface area contributed by atoms with Crippen LogP contribution in [0.5, 0.6) is 0 Å². The molecule has 1 aromatic heterocycles. The smallest absolute Gasteiger partial charge is 0.465 e. The lowest BCUT2D eigenvalue weighted by atomic mass is 9.77. The largest absolute Gasteiger partial charge is 0.492 e. The number of nitrogens with one attached hydrogen (secondary N) is 1. The minimum Gasteiger partial charge on any atom is -0.465 e. The molecule has 1 N–H and O–H groups in total. The average Bonchev–Trinajstić information content (AvgIpc) is 3.57. The van der Waals surface area contributed by atoms with E-state index in [2.05, 4.69) is 29.6 Å². The first-order chi connectivity index (χ1) is 18.6. The molecule has 1 aliphatic heterocycles. The van der Waals surface area contributed by atoms with Crippen molar-refractivity contribution in [3.8, 4) is 11.1 Å². The summed E-state index contributed by atoms with van der Waals surface area (Å²) in [6, 6.07) is 18.3. The van der Waals surface area contributed by atoms with Gasteiger partial charge in [-0.25, -0.2) is 9.59 Å². The van der Waals surface area contributed by atoms with Crippen LogP contribution >= 0.6 is 11.3 Å². The third-order valence-electron chi connectivity index (χ3n) is 7.74. The van der Waals surface area contributed by atoms with E-state index in [0.717, 1.165) is 11.1 Å². The van der Waals surface area contributed by atoms with E-state index in [1.54, 1.807) is 0 Å².